The summed E-state index contributed by atoms with van der Waals surface area (Å²) in [5.74, 6) is 3.50. The highest BCUT2D eigenvalue weighted by atomic mass is 16.4. The van der Waals surface area contributed by atoms with E-state index >= 15 is 0 Å². The molecule has 0 unspecified atom stereocenters. The molecule has 1 heterocycles. The van der Waals surface area contributed by atoms with Gasteiger partial charge >= 0.3 is 0 Å². The third-order valence-corrected chi connectivity index (χ3v) is 1.46. The zero-order valence-electron chi connectivity index (χ0n) is 5.99. The molecule has 0 bridgehead atoms. The van der Waals surface area contributed by atoms with Crippen LogP contribution in [0.25, 0.3) is 10.9 Å². The third-order valence-electron chi connectivity index (χ3n) is 1.46. The van der Waals surface area contributed by atoms with Crippen molar-refractivity contribution in [2.75, 3.05) is 0 Å². The summed E-state index contributed by atoms with van der Waals surface area (Å²) in [5, 5.41) is 7.78. The van der Waals surface area contributed by atoms with Gasteiger partial charge in [0.2, 0.25) is 0 Å². The first kappa shape index (κ1) is 7.78. The lowest BCUT2D eigenvalue weighted by Crippen LogP contribution is -1.72. The van der Waals surface area contributed by atoms with Crippen LogP contribution in [0.1, 0.15) is 0 Å². The molecule has 1 aromatic carbocycles. The van der Waals surface area contributed by atoms with E-state index in [-0.39, 0.29) is 0 Å². The molecule has 0 amide bonds. The molecule has 11 heavy (non-hydrogen) atoms. The number of hydrogen-bond donors (Lipinski definition) is 3. The molecule has 0 aliphatic heterocycles. The topological polar surface area (TPSA) is 62.0 Å². The summed E-state index contributed by atoms with van der Waals surface area (Å²) in [6.07, 6.45) is 1.95. The second kappa shape index (κ2) is 3.75. The summed E-state index contributed by atoms with van der Waals surface area (Å²) in [6.45, 7) is 0. The average molecular weight is 150 g/mol. The fourth-order valence-corrected chi connectivity index (χ4v) is 0.995. The lowest BCUT2D eigenvalue weighted by Gasteiger charge is -1.83. The summed E-state index contributed by atoms with van der Waals surface area (Å²) >= 11 is 0. The van der Waals surface area contributed by atoms with Crippen molar-refractivity contribution in [2.45, 2.75) is 0 Å². The lowest BCUT2D eigenvalue weighted by molar-refractivity contribution is 0.311. The summed E-state index contributed by atoms with van der Waals surface area (Å²) in [7, 11) is 0. The smallest absolute Gasteiger partial charge is 0.0453 e. The molecule has 0 saturated heterocycles. The number of fused-ring (bicyclic) bond motifs is 1. The molecule has 0 atom stereocenters. The van der Waals surface area contributed by atoms with Crippen molar-refractivity contribution in [3.8, 4) is 0 Å². The van der Waals surface area contributed by atoms with E-state index in [1.54, 1.807) is 0 Å². The van der Waals surface area contributed by atoms with Crippen molar-refractivity contribution in [3.05, 3.63) is 36.5 Å². The molecule has 0 aliphatic carbocycles. The molecule has 3 nitrogen and oxygen atoms in total. The van der Waals surface area contributed by atoms with Crippen LogP contribution in [0.5, 0.6) is 0 Å². The molecule has 3 heteroatoms. The van der Waals surface area contributed by atoms with Crippen molar-refractivity contribution in [1.82, 2.24) is 4.98 Å². The Bertz CT molecular complexity index is 286. The number of aromatic nitrogens is 1. The van der Waals surface area contributed by atoms with Gasteiger partial charge in [0.15, 0.2) is 0 Å². The Kier molecular flexibility index (Phi) is 2.66. The van der Waals surface area contributed by atoms with E-state index in [2.05, 4.69) is 29.1 Å². The number of hydrogen-bond acceptors (Lipinski definition) is 2. The van der Waals surface area contributed by atoms with Crippen molar-refractivity contribution >= 4 is 10.9 Å². The van der Waals surface area contributed by atoms with Crippen LogP contribution in [-0.2, 0) is 0 Å². The van der Waals surface area contributed by atoms with Crippen LogP contribution in [0, 0.1) is 0 Å². The van der Waals surface area contributed by atoms with Crippen LogP contribution < -0.4 is 5.90 Å². The van der Waals surface area contributed by atoms with Crippen LogP contribution in [0.2, 0.25) is 0 Å². The molecular formula is C8H10N2O. The van der Waals surface area contributed by atoms with Gasteiger partial charge in [-0.05, 0) is 17.5 Å². The number of nitrogens with two attached hydrogens (primary N) is 1. The second-order valence-electron chi connectivity index (χ2n) is 2.06. The van der Waals surface area contributed by atoms with E-state index in [9.17, 15) is 0 Å². The van der Waals surface area contributed by atoms with Crippen molar-refractivity contribution in [3.63, 3.8) is 0 Å². The maximum absolute atomic E-state index is 6.50. The Morgan fingerprint density at radius 3 is 2.55 bits per heavy atom. The monoisotopic (exact) mass is 150 g/mol. The highest BCUT2D eigenvalue weighted by molar-refractivity contribution is 5.78. The van der Waals surface area contributed by atoms with Gasteiger partial charge in [0.25, 0.3) is 0 Å². The first-order valence-corrected chi connectivity index (χ1v) is 3.25. The number of benzene rings is 1. The van der Waals surface area contributed by atoms with Gasteiger partial charge < -0.3 is 10.2 Å². The molecule has 2 rings (SSSR count). The quantitative estimate of drug-likeness (QED) is 0.498. The van der Waals surface area contributed by atoms with Crippen molar-refractivity contribution in [1.29, 1.82) is 0 Å². The molecule has 0 saturated carbocycles. The zero-order valence-corrected chi connectivity index (χ0v) is 5.99. The van der Waals surface area contributed by atoms with Crippen LogP contribution in [-0.4, -0.2) is 10.2 Å². The molecule has 0 spiro atoms. The first-order chi connectivity index (χ1) is 5.47. The SMILES string of the molecule is NO.c1ccc2[nH]ccc2c1. The molecule has 0 aliphatic rings. The highest BCUT2D eigenvalue weighted by Gasteiger charge is 1.86. The Hall–Kier alpha value is -1.32. The Balaban J connectivity index is 0.000000281. The minimum atomic E-state index is 1.21. The van der Waals surface area contributed by atoms with Gasteiger partial charge in [-0.3, -0.25) is 0 Å². The number of aromatic amines is 1. The van der Waals surface area contributed by atoms with E-state index in [0.29, 0.717) is 0 Å². The zero-order chi connectivity index (χ0) is 8.10. The summed E-state index contributed by atoms with van der Waals surface area (Å²) in [4.78, 5) is 3.12. The average Bonchev–Trinajstić information content (AvgIpc) is 2.55. The predicted octanol–water partition coefficient (Wildman–Crippen LogP) is 1.50. The summed E-state index contributed by atoms with van der Waals surface area (Å²) in [6, 6.07) is 10.3. The van der Waals surface area contributed by atoms with Gasteiger partial charge in [0, 0.05) is 11.7 Å². The molecule has 0 radical (unpaired) electrons. The Morgan fingerprint density at radius 2 is 1.82 bits per heavy atom. The van der Waals surface area contributed by atoms with E-state index in [1.807, 2.05) is 18.3 Å². The number of para-hydroxylation sites is 1. The van der Waals surface area contributed by atoms with Gasteiger partial charge in [0.1, 0.15) is 0 Å². The maximum atomic E-state index is 6.50. The van der Waals surface area contributed by atoms with Gasteiger partial charge in [-0.15, -0.1) is 0 Å². The van der Waals surface area contributed by atoms with Crippen molar-refractivity contribution < 1.29 is 5.21 Å². The first-order valence-electron chi connectivity index (χ1n) is 3.25. The minimum Gasteiger partial charge on any atom is -0.361 e. The van der Waals surface area contributed by atoms with Crippen LogP contribution in [0.4, 0.5) is 0 Å². The summed E-state index contributed by atoms with van der Waals surface area (Å²) < 4.78 is 0. The largest absolute Gasteiger partial charge is 0.361 e. The van der Waals surface area contributed by atoms with Crippen LogP contribution in [0.15, 0.2) is 36.5 Å². The van der Waals surface area contributed by atoms with Crippen molar-refractivity contribution in [2.24, 2.45) is 5.90 Å². The van der Waals surface area contributed by atoms with Gasteiger partial charge in [-0.1, -0.05) is 18.2 Å². The number of rotatable bonds is 0. The van der Waals surface area contributed by atoms with Gasteiger partial charge in [0.05, 0.1) is 0 Å². The van der Waals surface area contributed by atoms with Crippen LogP contribution in [0.3, 0.4) is 0 Å². The van der Waals surface area contributed by atoms with E-state index in [4.69, 9.17) is 5.21 Å². The van der Waals surface area contributed by atoms with E-state index < -0.39 is 0 Å². The fourth-order valence-electron chi connectivity index (χ4n) is 0.995. The number of nitrogens with one attached hydrogen (secondary N) is 1. The van der Waals surface area contributed by atoms with Gasteiger partial charge in [-0.25, -0.2) is 5.90 Å². The molecule has 1 aromatic heterocycles. The lowest BCUT2D eigenvalue weighted by atomic mass is 10.3. The predicted molar refractivity (Wildman–Crippen MR) is 44.3 cm³/mol. The fraction of sp³-hybridized carbons (Fsp3) is 0. The summed E-state index contributed by atoms with van der Waals surface area (Å²) in [5.41, 5.74) is 1.21. The molecular weight excluding hydrogens is 140 g/mol. The Morgan fingerprint density at radius 1 is 1.09 bits per heavy atom. The highest BCUT2D eigenvalue weighted by Crippen LogP contribution is 2.09. The van der Waals surface area contributed by atoms with Crippen LogP contribution >= 0.6 is 0 Å². The number of H-pyrrole nitrogens is 1. The Labute approximate surface area is 64.4 Å². The standard InChI is InChI=1S/C8H7N.H3NO/c1-2-4-8-7(3-1)5-6-9-8;1-2/h1-6,9H;2H,1H2. The molecule has 2 aromatic rings. The second-order valence-corrected chi connectivity index (χ2v) is 2.06. The van der Waals surface area contributed by atoms with E-state index in [0.717, 1.165) is 0 Å². The molecule has 4 N–H and O–H groups in total. The van der Waals surface area contributed by atoms with E-state index in [1.165, 1.54) is 10.9 Å². The minimum absolute atomic E-state index is 1.21. The third kappa shape index (κ3) is 1.58. The normalized spacial score (nSPS) is 8.91. The maximum Gasteiger partial charge on any atom is 0.0453 e. The van der Waals surface area contributed by atoms with Gasteiger partial charge in [-0.2, -0.15) is 0 Å². The molecule has 58 valence electrons. The molecule has 0 fully saturated rings.